The van der Waals surface area contributed by atoms with Crippen molar-refractivity contribution in [3.05, 3.63) is 51.8 Å². The number of nitrogens with one attached hydrogen (secondary N) is 1. The van der Waals surface area contributed by atoms with E-state index < -0.39 is 22.8 Å². The van der Waals surface area contributed by atoms with E-state index in [0.717, 1.165) is 4.68 Å². The number of nitro groups is 1. The Kier molecular flexibility index (Phi) is 4.39. The zero-order chi connectivity index (χ0) is 17.1. The Bertz CT molecular complexity index is 783. The van der Waals surface area contributed by atoms with Crippen LogP contribution in [-0.2, 0) is 4.79 Å². The number of carboxylic acid groups (broad SMARTS) is 1. The zero-order valence-electron chi connectivity index (χ0n) is 12.4. The molecule has 9 heteroatoms. The fourth-order valence-corrected chi connectivity index (χ4v) is 1.87. The molecule has 1 aromatic heterocycles. The van der Waals surface area contributed by atoms with E-state index in [0.29, 0.717) is 5.56 Å². The molecule has 0 saturated heterocycles. The Labute approximate surface area is 130 Å². The molecule has 1 heterocycles. The molecule has 0 fully saturated rings. The molecule has 1 amide bonds. The summed E-state index contributed by atoms with van der Waals surface area (Å²) < 4.78 is 1.13. The van der Waals surface area contributed by atoms with Gasteiger partial charge in [-0.05, 0) is 25.5 Å². The summed E-state index contributed by atoms with van der Waals surface area (Å²) in [6.07, 6.45) is 2.48. The maximum absolute atomic E-state index is 12.1. The summed E-state index contributed by atoms with van der Waals surface area (Å²) in [7, 11) is 0. The molecule has 0 aliphatic rings. The van der Waals surface area contributed by atoms with Gasteiger partial charge in [-0.3, -0.25) is 19.6 Å². The first-order valence-electron chi connectivity index (χ1n) is 6.63. The smallest absolute Gasteiger partial charge is 0.328 e. The van der Waals surface area contributed by atoms with E-state index in [1.807, 2.05) is 0 Å². The standard InChI is InChI=1S/C14H14N4O5/c1-8-3-4-11(12(5-8)18(22)23)16-13(19)10-6-15-17(7-10)9(2)14(20)21/h3-7,9H,1-2H3,(H,16,19)(H,20,21). The highest BCUT2D eigenvalue weighted by atomic mass is 16.6. The minimum atomic E-state index is -1.09. The highest BCUT2D eigenvalue weighted by Gasteiger charge is 2.19. The summed E-state index contributed by atoms with van der Waals surface area (Å²) >= 11 is 0. The normalized spacial score (nSPS) is 11.7. The first kappa shape index (κ1) is 16.1. The number of carboxylic acids is 1. The van der Waals surface area contributed by atoms with Gasteiger partial charge in [0.25, 0.3) is 11.6 Å². The van der Waals surface area contributed by atoms with Crippen LogP contribution in [-0.4, -0.2) is 31.7 Å². The van der Waals surface area contributed by atoms with Crippen LogP contribution in [0.15, 0.2) is 30.6 Å². The fourth-order valence-electron chi connectivity index (χ4n) is 1.87. The van der Waals surface area contributed by atoms with E-state index in [2.05, 4.69) is 10.4 Å². The number of amides is 1. The minimum absolute atomic E-state index is 0.0598. The lowest BCUT2D eigenvalue weighted by molar-refractivity contribution is -0.384. The van der Waals surface area contributed by atoms with Gasteiger partial charge in [-0.15, -0.1) is 0 Å². The van der Waals surface area contributed by atoms with Crippen LogP contribution in [0.4, 0.5) is 11.4 Å². The Morgan fingerprint density at radius 3 is 2.74 bits per heavy atom. The van der Waals surface area contributed by atoms with Gasteiger partial charge in [0.15, 0.2) is 0 Å². The lowest BCUT2D eigenvalue weighted by atomic mass is 10.2. The predicted octanol–water partition coefficient (Wildman–Crippen LogP) is 2.00. The van der Waals surface area contributed by atoms with Gasteiger partial charge in [-0.1, -0.05) is 6.07 Å². The number of aromatic nitrogens is 2. The second-order valence-corrected chi connectivity index (χ2v) is 4.96. The van der Waals surface area contributed by atoms with Gasteiger partial charge in [0.05, 0.1) is 16.7 Å². The van der Waals surface area contributed by atoms with Crippen molar-refractivity contribution in [2.24, 2.45) is 0 Å². The van der Waals surface area contributed by atoms with Crippen molar-refractivity contribution >= 4 is 23.3 Å². The van der Waals surface area contributed by atoms with Gasteiger partial charge >= 0.3 is 5.97 Å². The Morgan fingerprint density at radius 1 is 1.43 bits per heavy atom. The molecule has 0 aliphatic carbocycles. The van der Waals surface area contributed by atoms with Crippen molar-refractivity contribution in [1.29, 1.82) is 0 Å². The Hall–Kier alpha value is -3.23. The second kappa shape index (κ2) is 6.26. The average molecular weight is 318 g/mol. The number of aryl methyl sites for hydroxylation is 1. The van der Waals surface area contributed by atoms with Crippen LogP contribution in [0, 0.1) is 17.0 Å². The number of hydrogen-bond donors (Lipinski definition) is 2. The van der Waals surface area contributed by atoms with E-state index in [9.17, 15) is 19.7 Å². The predicted molar refractivity (Wildman–Crippen MR) is 80.4 cm³/mol. The number of benzene rings is 1. The van der Waals surface area contributed by atoms with Gasteiger partial charge < -0.3 is 10.4 Å². The summed E-state index contributed by atoms with van der Waals surface area (Å²) in [5.74, 6) is -1.70. The van der Waals surface area contributed by atoms with Gasteiger partial charge in [0, 0.05) is 12.3 Å². The van der Waals surface area contributed by atoms with Crippen molar-refractivity contribution in [2.75, 3.05) is 5.32 Å². The fraction of sp³-hybridized carbons (Fsp3) is 0.214. The van der Waals surface area contributed by atoms with Gasteiger partial charge in [-0.2, -0.15) is 5.10 Å². The average Bonchev–Trinajstić information content (AvgIpc) is 2.97. The van der Waals surface area contributed by atoms with Crippen molar-refractivity contribution in [3.63, 3.8) is 0 Å². The van der Waals surface area contributed by atoms with Crippen LogP contribution in [0.1, 0.15) is 28.9 Å². The van der Waals surface area contributed by atoms with E-state index in [1.54, 1.807) is 13.0 Å². The molecular formula is C14H14N4O5. The van der Waals surface area contributed by atoms with Crippen molar-refractivity contribution in [2.45, 2.75) is 19.9 Å². The van der Waals surface area contributed by atoms with Crippen LogP contribution >= 0.6 is 0 Å². The number of carbonyl (C=O) groups is 2. The number of anilines is 1. The highest BCUT2D eigenvalue weighted by molar-refractivity contribution is 6.05. The number of hydrogen-bond acceptors (Lipinski definition) is 5. The highest BCUT2D eigenvalue weighted by Crippen LogP contribution is 2.25. The molecule has 23 heavy (non-hydrogen) atoms. The number of nitro benzene ring substituents is 1. The maximum atomic E-state index is 12.1. The molecule has 2 aromatic rings. The third-order valence-corrected chi connectivity index (χ3v) is 3.22. The third kappa shape index (κ3) is 3.51. The summed E-state index contributed by atoms with van der Waals surface area (Å²) in [5, 5.41) is 26.2. The molecule has 1 unspecified atom stereocenters. The van der Waals surface area contributed by atoms with Crippen LogP contribution < -0.4 is 5.32 Å². The minimum Gasteiger partial charge on any atom is -0.480 e. The van der Waals surface area contributed by atoms with Crippen LogP contribution in [0.2, 0.25) is 0 Å². The lowest BCUT2D eigenvalue weighted by Crippen LogP contribution is -2.16. The molecule has 0 spiro atoms. The van der Waals surface area contributed by atoms with Crippen molar-refractivity contribution in [3.8, 4) is 0 Å². The van der Waals surface area contributed by atoms with Crippen LogP contribution in [0.25, 0.3) is 0 Å². The molecule has 1 atom stereocenters. The molecule has 0 saturated carbocycles. The van der Waals surface area contributed by atoms with Gasteiger partial charge in [-0.25, -0.2) is 4.79 Å². The van der Waals surface area contributed by atoms with Crippen LogP contribution in [0.3, 0.4) is 0 Å². The number of aliphatic carboxylic acids is 1. The van der Waals surface area contributed by atoms with E-state index in [1.165, 1.54) is 31.5 Å². The molecule has 0 radical (unpaired) electrons. The Morgan fingerprint density at radius 2 is 2.13 bits per heavy atom. The molecule has 1 aromatic carbocycles. The number of rotatable bonds is 5. The molecule has 0 aliphatic heterocycles. The first-order chi connectivity index (χ1) is 10.8. The quantitative estimate of drug-likeness (QED) is 0.641. The lowest BCUT2D eigenvalue weighted by Gasteiger charge is -2.06. The zero-order valence-corrected chi connectivity index (χ0v) is 12.4. The van der Waals surface area contributed by atoms with Crippen LogP contribution in [0.5, 0.6) is 0 Å². The first-order valence-corrected chi connectivity index (χ1v) is 6.63. The molecular weight excluding hydrogens is 304 g/mol. The Balaban J connectivity index is 2.23. The third-order valence-electron chi connectivity index (χ3n) is 3.22. The van der Waals surface area contributed by atoms with Crippen molar-refractivity contribution in [1.82, 2.24) is 9.78 Å². The maximum Gasteiger partial charge on any atom is 0.328 e. The summed E-state index contributed by atoms with van der Waals surface area (Å²) in [4.78, 5) is 33.5. The molecule has 9 nitrogen and oxygen atoms in total. The van der Waals surface area contributed by atoms with E-state index in [-0.39, 0.29) is 16.9 Å². The van der Waals surface area contributed by atoms with Gasteiger partial charge in [0.2, 0.25) is 0 Å². The molecule has 2 rings (SSSR count). The number of nitrogens with zero attached hydrogens (tertiary/aromatic N) is 3. The summed E-state index contributed by atoms with van der Waals surface area (Å²) in [5.41, 5.74) is 0.639. The molecule has 2 N–H and O–H groups in total. The van der Waals surface area contributed by atoms with Crippen molar-refractivity contribution < 1.29 is 19.6 Å². The molecule has 120 valence electrons. The van der Waals surface area contributed by atoms with Gasteiger partial charge in [0.1, 0.15) is 11.7 Å². The largest absolute Gasteiger partial charge is 0.480 e. The topological polar surface area (TPSA) is 127 Å². The summed E-state index contributed by atoms with van der Waals surface area (Å²) in [6.45, 7) is 3.12. The summed E-state index contributed by atoms with van der Waals surface area (Å²) in [6, 6.07) is 3.50. The van der Waals surface area contributed by atoms with E-state index in [4.69, 9.17) is 5.11 Å². The second-order valence-electron chi connectivity index (χ2n) is 4.96. The number of carbonyl (C=O) groups excluding carboxylic acids is 1. The van der Waals surface area contributed by atoms with E-state index >= 15 is 0 Å². The monoisotopic (exact) mass is 318 g/mol. The molecule has 0 bridgehead atoms. The SMILES string of the molecule is Cc1ccc(NC(=O)c2cnn(C(C)C(=O)O)c2)c([N+](=O)[O-])c1.